The molecule has 0 saturated carbocycles. The summed E-state index contributed by atoms with van der Waals surface area (Å²) in [7, 11) is 1.39. The lowest BCUT2D eigenvalue weighted by molar-refractivity contribution is 0.0600. The maximum atomic E-state index is 11.5. The molecule has 0 spiro atoms. The summed E-state index contributed by atoms with van der Waals surface area (Å²) in [6.07, 6.45) is 2.17. The molecule has 1 fully saturated rings. The zero-order chi connectivity index (χ0) is 20.5. The lowest BCUT2D eigenvalue weighted by Crippen LogP contribution is -2.47. The van der Waals surface area contributed by atoms with Crippen molar-refractivity contribution < 1.29 is 14.3 Å². The quantitative estimate of drug-likeness (QED) is 0.461. The van der Waals surface area contributed by atoms with Gasteiger partial charge in [0.15, 0.2) is 5.96 Å². The molecule has 6 heteroatoms. The lowest BCUT2D eigenvalue weighted by atomic mass is 10.1. The highest BCUT2D eigenvalue weighted by Gasteiger charge is 2.22. The largest absolute Gasteiger partial charge is 0.490 e. The molecule has 0 amide bonds. The minimum Gasteiger partial charge on any atom is -0.490 e. The average Bonchev–Trinajstić information content (AvgIpc) is 2.78. The molecule has 0 bridgehead atoms. The van der Waals surface area contributed by atoms with Crippen LogP contribution in [0.4, 0.5) is 0 Å². The summed E-state index contributed by atoms with van der Waals surface area (Å²) in [4.78, 5) is 18.6. The first-order valence-corrected chi connectivity index (χ1v) is 10.1. The molecule has 2 aromatic rings. The van der Waals surface area contributed by atoms with E-state index in [-0.39, 0.29) is 12.1 Å². The molecular weight excluding hydrogens is 366 g/mol. The van der Waals surface area contributed by atoms with E-state index in [4.69, 9.17) is 14.5 Å². The van der Waals surface area contributed by atoms with Crippen LogP contribution in [0.15, 0.2) is 59.6 Å². The minimum absolute atomic E-state index is 0.238. The van der Waals surface area contributed by atoms with Gasteiger partial charge >= 0.3 is 5.97 Å². The first-order chi connectivity index (χ1) is 14.2. The second kappa shape index (κ2) is 10.5. The summed E-state index contributed by atoms with van der Waals surface area (Å²) in [5.41, 5.74) is 1.60. The van der Waals surface area contributed by atoms with E-state index >= 15 is 0 Å². The van der Waals surface area contributed by atoms with Crippen molar-refractivity contribution in [1.82, 2.24) is 10.2 Å². The summed E-state index contributed by atoms with van der Waals surface area (Å²) in [6, 6.07) is 17.4. The van der Waals surface area contributed by atoms with Crippen LogP contribution in [0.1, 0.15) is 35.7 Å². The average molecular weight is 396 g/mol. The topological polar surface area (TPSA) is 63.2 Å². The summed E-state index contributed by atoms with van der Waals surface area (Å²) < 4.78 is 10.8. The number of rotatable bonds is 6. The Morgan fingerprint density at radius 1 is 1.10 bits per heavy atom. The first-order valence-electron chi connectivity index (χ1n) is 10.1. The van der Waals surface area contributed by atoms with Crippen LogP contribution in [0.3, 0.4) is 0 Å². The molecule has 0 radical (unpaired) electrons. The molecule has 6 nitrogen and oxygen atoms in total. The lowest BCUT2D eigenvalue weighted by Gasteiger charge is -2.34. The Kier molecular flexibility index (Phi) is 7.50. The number of nitrogens with one attached hydrogen (secondary N) is 1. The zero-order valence-electron chi connectivity index (χ0n) is 17.1. The van der Waals surface area contributed by atoms with E-state index in [0.29, 0.717) is 12.1 Å². The molecule has 1 heterocycles. The number of hydrogen-bond donors (Lipinski definition) is 1. The molecule has 1 aliphatic rings. The van der Waals surface area contributed by atoms with Gasteiger partial charge < -0.3 is 19.7 Å². The Morgan fingerprint density at radius 3 is 2.41 bits per heavy atom. The number of esters is 1. The zero-order valence-corrected chi connectivity index (χ0v) is 17.1. The third-order valence-corrected chi connectivity index (χ3v) is 4.91. The van der Waals surface area contributed by atoms with Crippen molar-refractivity contribution in [3.63, 3.8) is 0 Å². The molecule has 1 saturated heterocycles. The van der Waals surface area contributed by atoms with Gasteiger partial charge in [0.05, 0.1) is 19.2 Å². The van der Waals surface area contributed by atoms with Gasteiger partial charge in [-0.2, -0.15) is 0 Å². The maximum absolute atomic E-state index is 11.5. The number of likely N-dealkylation sites (tertiary alicyclic amines) is 1. The highest BCUT2D eigenvalue weighted by Crippen LogP contribution is 2.19. The van der Waals surface area contributed by atoms with Crippen LogP contribution in [0, 0.1) is 0 Å². The van der Waals surface area contributed by atoms with E-state index in [1.807, 2.05) is 42.5 Å². The number of carbonyl (C=O) groups is 1. The van der Waals surface area contributed by atoms with E-state index in [2.05, 4.69) is 17.1 Å². The Labute approximate surface area is 172 Å². The van der Waals surface area contributed by atoms with Gasteiger partial charge in [-0.1, -0.05) is 30.3 Å². The highest BCUT2D eigenvalue weighted by molar-refractivity contribution is 5.89. The van der Waals surface area contributed by atoms with Gasteiger partial charge in [-0.3, -0.25) is 0 Å². The molecule has 0 atom stereocenters. The number of methoxy groups -OCH3 is 1. The minimum atomic E-state index is -0.325. The molecule has 1 N–H and O–H groups in total. The predicted molar refractivity (Wildman–Crippen MR) is 114 cm³/mol. The summed E-state index contributed by atoms with van der Waals surface area (Å²) in [5.74, 6) is 1.53. The van der Waals surface area contributed by atoms with Gasteiger partial charge in [-0.15, -0.1) is 0 Å². The van der Waals surface area contributed by atoms with E-state index in [1.54, 1.807) is 12.1 Å². The van der Waals surface area contributed by atoms with Crippen molar-refractivity contribution in [3.05, 3.63) is 65.7 Å². The second-order valence-corrected chi connectivity index (χ2v) is 6.98. The number of guanidine groups is 1. The highest BCUT2D eigenvalue weighted by atomic mass is 16.5. The van der Waals surface area contributed by atoms with Crippen molar-refractivity contribution in [2.45, 2.75) is 32.4 Å². The Balaban J connectivity index is 1.56. The molecule has 154 valence electrons. The van der Waals surface area contributed by atoms with Crippen molar-refractivity contribution in [1.29, 1.82) is 0 Å². The molecule has 0 unspecified atom stereocenters. The molecule has 2 aromatic carbocycles. The number of ether oxygens (including phenoxy) is 2. The number of nitrogens with zero attached hydrogens (tertiary/aromatic N) is 2. The van der Waals surface area contributed by atoms with Crippen LogP contribution in [0.2, 0.25) is 0 Å². The van der Waals surface area contributed by atoms with Gasteiger partial charge in [-0.05, 0) is 36.8 Å². The number of carbonyl (C=O) groups excluding carboxylic acids is 1. The van der Waals surface area contributed by atoms with E-state index in [1.165, 1.54) is 7.11 Å². The van der Waals surface area contributed by atoms with Gasteiger partial charge in [0.1, 0.15) is 11.9 Å². The third kappa shape index (κ3) is 5.98. The monoisotopic (exact) mass is 395 g/mol. The smallest absolute Gasteiger partial charge is 0.337 e. The number of piperidine rings is 1. The first kappa shape index (κ1) is 20.7. The Morgan fingerprint density at radius 2 is 1.79 bits per heavy atom. The van der Waals surface area contributed by atoms with Gasteiger partial charge in [0.2, 0.25) is 0 Å². The van der Waals surface area contributed by atoms with Crippen molar-refractivity contribution in [2.75, 3.05) is 26.7 Å². The maximum Gasteiger partial charge on any atom is 0.337 e. The molecular formula is C23H29N3O3. The number of hydrogen-bond acceptors (Lipinski definition) is 4. The second-order valence-electron chi connectivity index (χ2n) is 6.98. The molecule has 29 heavy (non-hydrogen) atoms. The van der Waals surface area contributed by atoms with Gasteiger partial charge in [0, 0.05) is 32.5 Å². The molecule has 3 rings (SSSR count). The van der Waals surface area contributed by atoms with Crippen LogP contribution in [-0.4, -0.2) is 49.7 Å². The SMILES string of the molecule is CCNC(=NCc1ccc(C(=O)OC)cc1)N1CCC(Oc2ccccc2)CC1. The van der Waals surface area contributed by atoms with E-state index < -0.39 is 0 Å². The number of para-hydroxylation sites is 1. The Bertz CT molecular complexity index is 798. The van der Waals surface area contributed by atoms with Crippen LogP contribution in [0.25, 0.3) is 0 Å². The van der Waals surface area contributed by atoms with Crippen molar-refractivity contribution >= 4 is 11.9 Å². The predicted octanol–water partition coefficient (Wildman–Crippen LogP) is 3.48. The fraction of sp³-hybridized carbons (Fsp3) is 0.391. The Hall–Kier alpha value is -3.02. The van der Waals surface area contributed by atoms with Gasteiger partial charge in [0.25, 0.3) is 0 Å². The normalized spacial score (nSPS) is 15.1. The van der Waals surface area contributed by atoms with Crippen LogP contribution >= 0.6 is 0 Å². The fourth-order valence-corrected chi connectivity index (χ4v) is 3.33. The van der Waals surface area contributed by atoms with Gasteiger partial charge in [-0.25, -0.2) is 9.79 Å². The fourth-order valence-electron chi connectivity index (χ4n) is 3.33. The van der Waals surface area contributed by atoms with Crippen LogP contribution in [0.5, 0.6) is 5.75 Å². The van der Waals surface area contributed by atoms with E-state index in [9.17, 15) is 4.79 Å². The molecule has 0 aliphatic carbocycles. The number of benzene rings is 2. The number of aliphatic imine (C=N–C) groups is 1. The van der Waals surface area contributed by atoms with Crippen molar-refractivity contribution in [3.8, 4) is 5.75 Å². The summed E-state index contributed by atoms with van der Waals surface area (Å²) in [6.45, 7) is 5.27. The summed E-state index contributed by atoms with van der Waals surface area (Å²) in [5, 5.41) is 3.39. The third-order valence-electron chi connectivity index (χ3n) is 4.91. The van der Waals surface area contributed by atoms with Crippen molar-refractivity contribution in [2.24, 2.45) is 4.99 Å². The molecule has 0 aromatic heterocycles. The van der Waals surface area contributed by atoms with E-state index in [0.717, 1.165) is 49.7 Å². The summed E-state index contributed by atoms with van der Waals surface area (Å²) >= 11 is 0. The van der Waals surface area contributed by atoms with Crippen LogP contribution in [-0.2, 0) is 11.3 Å². The van der Waals surface area contributed by atoms with Crippen LogP contribution < -0.4 is 10.1 Å². The molecule has 1 aliphatic heterocycles. The standard InChI is InChI=1S/C23H29N3O3/c1-3-24-23(25-17-18-9-11-19(12-10-18)22(27)28-2)26-15-13-21(14-16-26)29-20-7-5-4-6-8-20/h4-12,21H,3,13-17H2,1-2H3,(H,24,25).